The zero-order valence-corrected chi connectivity index (χ0v) is 14.7. The summed E-state index contributed by atoms with van der Waals surface area (Å²) in [6.45, 7) is 0. The number of methoxy groups -OCH3 is 3. The number of hydrogen-bond acceptors (Lipinski definition) is 6. The molecule has 8 heteroatoms. The lowest BCUT2D eigenvalue weighted by atomic mass is 10.2. The van der Waals surface area contributed by atoms with Gasteiger partial charge in [0.05, 0.1) is 38.6 Å². The Kier molecular flexibility index (Phi) is 4.95. The summed E-state index contributed by atoms with van der Waals surface area (Å²) in [6.07, 6.45) is 1.63. The Morgan fingerprint density at radius 3 is 2.44 bits per heavy atom. The van der Waals surface area contributed by atoms with Gasteiger partial charge in [-0.2, -0.15) is 5.10 Å². The summed E-state index contributed by atoms with van der Waals surface area (Å²) in [5.74, 6) is 2.16. The van der Waals surface area contributed by atoms with Crippen LogP contribution in [0.1, 0.15) is 5.56 Å². The van der Waals surface area contributed by atoms with E-state index >= 15 is 0 Å². The number of halogens is 1. The maximum atomic E-state index is 5.96. The fourth-order valence-electron chi connectivity index (χ4n) is 2.38. The van der Waals surface area contributed by atoms with E-state index in [4.69, 9.17) is 25.8 Å². The molecule has 0 saturated heterocycles. The molecular weight excluding hydrogens is 344 g/mol. The Morgan fingerprint density at radius 1 is 1.08 bits per heavy atom. The molecule has 0 radical (unpaired) electrons. The van der Waals surface area contributed by atoms with E-state index in [-0.39, 0.29) is 0 Å². The van der Waals surface area contributed by atoms with Crippen molar-refractivity contribution < 1.29 is 14.2 Å². The molecule has 3 rings (SSSR count). The number of ether oxygens (including phenoxy) is 3. The van der Waals surface area contributed by atoms with Gasteiger partial charge in [0.2, 0.25) is 11.7 Å². The summed E-state index contributed by atoms with van der Waals surface area (Å²) < 4.78 is 15.9. The number of aromatic amines is 1. The molecule has 3 aromatic rings. The molecule has 0 atom stereocenters. The molecule has 0 aliphatic heterocycles. The van der Waals surface area contributed by atoms with Crippen LogP contribution in [0.15, 0.2) is 35.4 Å². The first kappa shape index (κ1) is 16.9. The lowest BCUT2D eigenvalue weighted by molar-refractivity contribution is 0.324. The molecule has 2 aromatic carbocycles. The van der Waals surface area contributed by atoms with Gasteiger partial charge in [0.25, 0.3) is 0 Å². The van der Waals surface area contributed by atoms with E-state index in [9.17, 15) is 0 Å². The van der Waals surface area contributed by atoms with E-state index in [0.29, 0.717) is 28.2 Å². The van der Waals surface area contributed by atoms with Crippen LogP contribution in [-0.2, 0) is 0 Å². The van der Waals surface area contributed by atoms with Gasteiger partial charge in [-0.1, -0.05) is 11.6 Å². The molecule has 0 aliphatic carbocycles. The van der Waals surface area contributed by atoms with Gasteiger partial charge in [0.1, 0.15) is 0 Å². The third-order valence-corrected chi connectivity index (χ3v) is 3.75. The minimum atomic E-state index is 0.515. The molecule has 2 N–H and O–H groups in total. The van der Waals surface area contributed by atoms with E-state index in [2.05, 4.69) is 20.5 Å². The highest BCUT2D eigenvalue weighted by Crippen LogP contribution is 2.37. The Balaban J connectivity index is 1.81. The molecule has 130 valence electrons. The van der Waals surface area contributed by atoms with Crippen LogP contribution in [0.5, 0.6) is 17.2 Å². The molecule has 25 heavy (non-hydrogen) atoms. The van der Waals surface area contributed by atoms with Crippen molar-refractivity contribution in [2.75, 3.05) is 26.8 Å². The van der Waals surface area contributed by atoms with Gasteiger partial charge >= 0.3 is 0 Å². The minimum absolute atomic E-state index is 0.515. The van der Waals surface area contributed by atoms with Gasteiger partial charge in [-0.05, 0) is 30.3 Å². The second kappa shape index (κ2) is 7.31. The van der Waals surface area contributed by atoms with Crippen molar-refractivity contribution in [3.8, 4) is 17.2 Å². The summed E-state index contributed by atoms with van der Waals surface area (Å²) in [4.78, 5) is 7.47. The number of benzene rings is 2. The van der Waals surface area contributed by atoms with E-state index in [1.165, 1.54) is 0 Å². The first-order valence-electron chi connectivity index (χ1n) is 7.39. The van der Waals surface area contributed by atoms with Crippen molar-refractivity contribution in [1.82, 2.24) is 9.97 Å². The molecule has 0 amide bonds. The zero-order chi connectivity index (χ0) is 17.8. The predicted molar refractivity (Wildman–Crippen MR) is 98.4 cm³/mol. The first-order valence-corrected chi connectivity index (χ1v) is 7.76. The van der Waals surface area contributed by atoms with Crippen molar-refractivity contribution in [2.45, 2.75) is 0 Å². The van der Waals surface area contributed by atoms with Gasteiger partial charge in [0, 0.05) is 10.6 Å². The van der Waals surface area contributed by atoms with Crippen LogP contribution in [0.2, 0.25) is 5.02 Å². The molecule has 1 heterocycles. The molecule has 0 aliphatic rings. The van der Waals surface area contributed by atoms with Crippen molar-refractivity contribution >= 4 is 34.8 Å². The molecule has 0 spiro atoms. The van der Waals surface area contributed by atoms with Crippen LogP contribution in [0, 0.1) is 0 Å². The highest BCUT2D eigenvalue weighted by atomic mass is 35.5. The van der Waals surface area contributed by atoms with Crippen LogP contribution < -0.4 is 19.6 Å². The largest absolute Gasteiger partial charge is 0.493 e. The van der Waals surface area contributed by atoms with Gasteiger partial charge in [-0.3, -0.25) is 0 Å². The Bertz CT molecular complexity index is 898. The van der Waals surface area contributed by atoms with Crippen molar-refractivity contribution in [2.24, 2.45) is 5.10 Å². The summed E-state index contributed by atoms with van der Waals surface area (Å²) in [6, 6.07) is 9.02. The third-order valence-electron chi connectivity index (χ3n) is 3.52. The average Bonchev–Trinajstić information content (AvgIpc) is 3.02. The molecule has 0 unspecified atom stereocenters. The van der Waals surface area contributed by atoms with Crippen molar-refractivity contribution in [3.05, 3.63) is 40.9 Å². The smallest absolute Gasteiger partial charge is 0.222 e. The Hall–Kier alpha value is -2.93. The maximum absolute atomic E-state index is 5.96. The number of imidazole rings is 1. The van der Waals surface area contributed by atoms with Gasteiger partial charge in [-0.25, -0.2) is 10.4 Å². The minimum Gasteiger partial charge on any atom is -0.493 e. The molecule has 0 bridgehead atoms. The Labute approximate surface area is 149 Å². The van der Waals surface area contributed by atoms with E-state index in [1.54, 1.807) is 51.8 Å². The van der Waals surface area contributed by atoms with E-state index in [0.717, 1.165) is 16.6 Å². The number of nitrogens with one attached hydrogen (secondary N) is 2. The van der Waals surface area contributed by atoms with Crippen LogP contribution in [-0.4, -0.2) is 37.5 Å². The van der Waals surface area contributed by atoms with E-state index < -0.39 is 0 Å². The van der Waals surface area contributed by atoms with Crippen LogP contribution in [0.4, 0.5) is 5.95 Å². The molecule has 1 aromatic heterocycles. The Morgan fingerprint density at radius 2 is 1.80 bits per heavy atom. The lowest BCUT2D eigenvalue weighted by Gasteiger charge is -2.12. The number of rotatable bonds is 6. The third kappa shape index (κ3) is 3.61. The second-order valence-corrected chi connectivity index (χ2v) is 5.51. The van der Waals surface area contributed by atoms with E-state index in [1.807, 2.05) is 6.07 Å². The highest BCUT2D eigenvalue weighted by molar-refractivity contribution is 6.31. The number of hydrazone groups is 1. The fraction of sp³-hybridized carbons (Fsp3) is 0.176. The van der Waals surface area contributed by atoms with Gasteiger partial charge in [0.15, 0.2) is 11.5 Å². The average molecular weight is 361 g/mol. The quantitative estimate of drug-likeness (QED) is 0.517. The fourth-order valence-corrected chi connectivity index (χ4v) is 2.55. The number of hydrogen-bond donors (Lipinski definition) is 2. The number of fused-ring (bicyclic) bond motifs is 1. The SMILES string of the molecule is COc1cc(/C=N\Nc2nc3ccc(Cl)cc3[nH]2)cc(OC)c1OC. The summed E-state index contributed by atoms with van der Waals surface area (Å²) in [7, 11) is 4.69. The lowest BCUT2D eigenvalue weighted by Crippen LogP contribution is -1.98. The van der Waals surface area contributed by atoms with Crippen LogP contribution in [0.25, 0.3) is 11.0 Å². The molecule has 0 saturated carbocycles. The highest BCUT2D eigenvalue weighted by Gasteiger charge is 2.12. The zero-order valence-electron chi connectivity index (χ0n) is 14.0. The van der Waals surface area contributed by atoms with Crippen molar-refractivity contribution in [3.63, 3.8) is 0 Å². The molecule has 7 nitrogen and oxygen atoms in total. The van der Waals surface area contributed by atoms with Crippen LogP contribution >= 0.6 is 11.6 Å². The number of aromatic nitrogens is 2. The number of nitrogens with zero attached hydrogens (tertiary/aromatic N) is 2. The topological polar surface area (TPSA) is 80.8 Å². The predicted octanol–water partition coefficient (Wildman–Crippen LogP) is 3.69. The monoisotopic (exact) mass is 360 g/mol. The summed E-state index contributed by atoms with van der Waals surface area (Å²) in [5, 5.41) is 4.82. The van der Waals surface area contributed by atoms with Crippen molar-refractivity contribution in [1.29, 1.82) is 0 Å². The first-order chi connectivity index (χ1) is 12.1. The van der Waals surface area contributed by atoms with Gasteiger partial charge in [-0.15, -0.1) is 0 Å². The summed E-state index contributed by atoms with van der Waals surface area (Å²) in [5.41, 5.74) is 5.26. The standard InChI is InChI=1S/C17H17ClN4O3/c1-23-14-6-10(7-15(24-2)16(14)25-3)9-19-22-17-20-12-5-4-11(18)8-13(12)21-17/h4-9H,1-3H3,(H2,20,21,22)/b19-9-. The van der Waals surface area contributed by atoms with Gasteiger partial charge < -0.3 is 19.2 Å². The van der Waals surface area contributed by atoms with Crippen LogP contribution in [0.3, 0.4) is 0 Å². The summed E-state index contributed by atoms with van der Waals surface area (Å²) >= 11 is 5.96. The molecule has 0 fully saturated rings. The number of H-pyrrole nitrogens is 1. The number of anilines is 1. The second-order valence-electron chi connectivity index (χ2n) is 5.08. The molecular formula is C17H17ClN4O3. The maximum Gasteiger partial charge on any atom is 0.222 e. The normalized spacial score (nSPS) is 11.0.